The van der Waals surface area contributed by atoms with E-state index in [1.54, 1.807) is 0 Å². The van der Waals surface area contributed by atoms with Crippen molar-refractivity contribution in [1.82, 2.24) is 18.5 Å². The van der Waals surface area contributed by atoms with Crippen LogP contribution < -0.4 is 33.1 Å². The Bertz CT molecular complexity index is 2040. The minimum atomic E-state index is -6.09. The molecule has 4 aliphatic heterocycles. The molecule has 4 fully saturated rings. The predicted molar refractivity (Wildman–Crippen MR) is 55.1 cm³/mol. The van der Waals surface area contributed by atoms with Crippen molar-refractivity contribution in [2.45, 2.75) is 0 Å². The van der Waals surface area contributed by atoms with Crippen LogP contribution in [0.3, 0.4) is 0 Å². The molecule has 43 nitrogen and oxygen atoms in total. The van der Waals surface area contributed by atoms with Crippen molar-refractivity contribution in [1.29, 1.82) is 0 Å². The monoisotopic (exact) mass is 1900 g/mol. The molecule has 0 bridgehead atoms. The molecule has 4 rings (SSSR count). The Morgan fingerprint density at radius 3 is 0.286 bits per heavy atom. The van der Waals surface area contributed by atoms with Gasteiger partial charge in [0.1, 0.15) is 0 Å². The molecule has 4 saturated heterocycles. The van der Waals surface area contributed by atoms with Crippen molar-refractivity contribution in [3.8, 4) is 0 Å². The van der Waals surface area contributed by atoms with Crippen molar-refractivity contribution in [2.24, 2.45) is 0 Å². The van der Waals surface area contributed by atoms with Crippen molar-refractivity contribution in [2.75, 3.05) is 0 Å². The molecule has 0 aromatic rings. The van der Waals surface area contributed by atoms with E-state index in [9.17, 15) is 81.5 Å². The molecule has 4 aliphatic rings. The van der Waals surface area contributed by atoms with E-state index in [0.29, 0.717) is 0 Å². The molecule has 0 saturated carbocycles. The second-order valence-electron chi connectivity index (χ2n) is 6.16. The molecule has 0 aromatic carbocycles. The Hall–Kier alpha value is 2.97. The third-order valence-corrected chi connectivity index (χ3v) is 70.0. The maximum absolute atomic E-state index is 10.4. The molecule has 0 radical (unpaired) electrons. The van der Waals surface area contributed by atoms with E-state index in [4.69, 9.17) is 19.2 Å². The summed E-state index contributed by atoms with van der Waals surface area (Å²) in [6, 6.07) is 0. The summed E-state index contributed by atoms with van der Waals surface area (Å²) in [6.45, 7) is 0. The zero-order valence-corrected chi connectivity index (χ0v) is 49.7. The van der Waals surface area contributed by atoms with Crippen LogP contribution in [-0.2, 0) is 312 Å². The second kappa shape index (κ2) is 21.8. The van der Waals surface area contributed by atoms with E-state index < -0.39 is 209 Å². The van der Waals surface area contributed by atoms with Gasteiger partial charge in [0, 0.05) is 0 Å². The van der Waals surface area contributed by atoms with Gasteiger partial charge in [0.2, 0.25) is 0 Å². The summed E-state index contributed by atoms with van der Waals surface area (Å²) in [5.41, 5.74) is 0. The quantitative estimate of drug-likeness (QED) is 0.151. The number of quaternary nitrogens is 3. The van der Waals surface area contributed by atoms with Crippen molar-refractivity contribution in [3.63, 3.8) is 0 Å². The molecule has 4 heterocycles. The van der Waals surface area contributed by atoms with E-state index in [1.165, 1.54) is 0 Å². The van der Waals surface area contributed by atoms with Crippen LogP contribution in [0.5, 0.6) is 0 Å². The number of hydrogen-bond donors (Lipinski definition) is 3. The summed E-state index contributed by atoms with van der Waals surface area (Å²) in [4.78, 5) is 25.6. The molecule has 0 spiro atoms. The van der Waals surface area contributed by atoms with Crippen molar-refractivity contribution in [3.05, 3.63) is 0 Å². The van der Waals surface area contributed by atoms with Crippen LogP contribution >= 0.6 is 7.82 Å². The fourth-order valence-corrected chi connectivity index (χ4v) is 71.0. The summed E-state index contributed by atoms with van der Waals surface area (Å²) in [5, 5.41) is 0. The number of hydrogen-bond acceptors (Lipinski definition) is 40. The molecule has 344 valence electrons. The van der Waals surface area contributed by atoms with Gasteiger partial charge in [0.05, 0.1) is 0 Å². The predicted octanol–water partition coefficient (Wildman–Crippen LogP) is -5.40. The standard InChI is InChI=1S/12Mo.3H3N.H3O4P.36O/c;;;;;;;;;;;;;;;1-5(2,3)4;;;;;;;;;;;;;;;;;;;;;;;;;;;;;;;;;;;;/h;;;;;;;;;;;;3*1H3;(H3,1,2,3,4);;;;;;;;;;;;;;;;;;;;;;;;;;;;;;;;;;;;. The van der Waals surface area contributed by atoms with E-state index >= 15 is 0 Å². The normalized spacial score (nSPS) is 27.6. The fraction of sp³-hybridized carbons (Fsp3) is 0. The Morgan fingerprint density at radius 2 is 0.250 bits per heavy atom. The zero-order chi connectivity index (χ0) is 43.0. The van der Waals surface area contributed by atoms with E-state index in [1.807, 2.05) is 0 Å². The molecular formula is H12Mo12N3O40P. The van der Waals surface area contributed by atoms with Crippen molar-refractivity contribution >= 4 is 7.82 Å². The Balaban J connectivity index is -0.000000304. The third kappa shape index (κ3) is 31.8. The van der Waals surface area contributed by atoms with Crippen LogP contribution in [0.15, 0.2) is 0 Å². The Kier molecular flexibility index (Phi) is 25.5. The second-order valence-corrected chi connectivity index (χ2v) is 58.9. The van der Waals surface area contributed by atoms with E-state index in [2.05, 4.69) is 24.5 Å². The summed E-state index contributed by atoms with van der Waals surface area (Å²) < 4.78 is 297. The van der Waals surface area contributed by atoms with Crippen LogP contribution in [0.4, 0.5) is 0 Å². The minimum absolute atomic E-state index is 0. The molecule has 12 N–H and O–H groups in total. The SMILES string of the molecule is O=P([O-])([O-])[O-].[NH4+].[NH4+].[NH4+].[O]=[Mo]1(=[O])[O][Mo](=[O])(=[O])[O][Mo](=[O])(=[O])[O]1.[O]=[Mo]1(=[O])[O][Mo](=[O])(=[O])[O][Mo](=[O])(=[O])[O]1.[O]=[Mo]1(=[O])[O][Mo](=[O])(=[O])[O][Mo](=[O])(=[O])[O]1.[O]=[Mo]1(=[O])[O][Mo](=[O])(=[O])[O][Mo](=[O])(=[O])[O]1. The van der Waals surface area contributed by atoms with E-state index in [-0.39, 0.29) is 18.5 Å². The molecule has 0 aliphatic carbocycles. The summed E-state index contributed by atoms with van der Waals surface area (Å²) in [5.74, 6) is 0. The topological polar surface area (TPSA) is 716 Å². The molecule has 0 aromatic heterocycles. The molecule has 0 unspecified atom stereocenters. The first-order valence-electron chi connectivity index (χ1n) is 8.73. The average molecular weight is 1880 g/mol. The molecular weight excluding hydrogens is 1860 g/mol. The zero-order valence-electron chi connectivity index (χ0n) is 24.7. The van der Waals surface area contributed by atoms with Gasteiger partial charge in [0.15, 0.2) is 0 Å². The van der Waals surface area contributed by atoms with Crippen molar-refractivity contribution < 1.29 is 326 Å². The van der Waals surface area contributed by atoms with Gasteiger partial charge in [-0.3, -0.25) is 0 Å². The van der Waals surface area contributed by atoms with Crippen LogP contribution in [-0.4, -0.2) is 0 Å². The molecule has 0 atom stereocenters. The van der Waals surface area contributed by atoms with Gasteiger partial charge >= 0.3 is 307 Å². The van der Waals surface area contributed by atoms with Crippen LogP contribution in [0.25, 0.3) is 0 Å². The van der Waals surface area contributed by atoms with Crippen LogP contribution in [0.2, 0.25) is 0 Å². The third-order valence-electron chi connectivity index (χ3n) is 2.00. The fourth-order valence-electron chi connectivity index (χ4n) is 1.36. The van der Waals surface area contributed by atoms with Gasteiger partial charge in [-0.1, -0.05) is 0 Å². The maximum atomic E-state index is 10.4. The van der Waals surface area contributed by atoms with Crippen LogP contribution in [0, 0.1) is 0 Å². The summed E-state index contributed by atoms with van der Waals surface area (Å²) in [6.07, 6.45) is 0. The van der Waals surface area contributed by atoms with Gasteiger partial charge in [-0.15, -0.1) is 0 Å². The first-order chi connectivity index (χ1) is 22.5. The van der Waals surface area contributed by atoms with Gasteiger partial charge in [-0.05, 0) is 0 Å². The summed E-state index contributed by atoms with van der Waals surface area (Å²) >= 11 is -73.0. The van der Waals surface area contributed by atoms with Gasteiger partial charge < -0.3 is 37.7 Å². The van der Waals surface area contributed by atoms with Gasteiger partial charge in [0.25, 0.3) is 0 Å². The van der Waals surface area contributed by atoms with E-state index in [0.717, 1.165) is 0 Å². The average Bonchev–Trinajstić information content (AvgIpc) is 2.57. The Morgan fingerprint density at radius 1 is 0.214 bits per heavy atom. The number of rotatable bonds is 0. The van der Waals surface area contributed by atoms with Gasteiger partial charge in [-0.2, -0.15) is 7.82 Å². The first kappa shape index (κ1) is 65.6. The molecule has 56 heavy (non-hydrogen) atoms. The summed E-state index contributed by atoms with van der Waals surface area (Å²) in [7, 11) is -5.39. The number of phosphoric acid groups is 1. The van der Waals surface area contributed by atoms with Gasteiger partial charge in [-0.25, -0.2) is 0 Å². The van der Waals surface area contributed by atoms with Crippen LogP contribution in [0.1, 0.15) is 0 Å². The molecule has 0 amide bonds. The Labute approximate surface area is 346 Å². The first-order valence-corrected chi connectivity index (χ1v) is 49.5. The molecule has 56 heteroatoms.